The van der Waals surface area contributed by atoms with Crippen LogP contribution in [0.15, 0.2) is 12.1 Å². The SMILES string of the molecule is CCOC(=O)c1cc(F)c(F)cc1NC(=O)N1CCNC(=O)C1C. The molecule has 2 rings (SSSR count). The fourth-order valence-electron chi connectivity index (χ4n) is 2.27. The quantitative estimate of drug-likeness (QED) is 0.816. The fourth-order valence-corrected chi connectivity index (χ4v) is 2.27. The number of benzene rings is 1. The van der Waals surface area contributed by atoms with Crippen LogP contribution in [0, 0.1) is 11.6 Å². The van der Waals surface area contributed by atoms with E-state index in [4.69, 9.17) is 4.74 Å². The predicted molar refractivity (Wildman–Crippen MR) is 80.5 cm³/mol. The van der Waals surface area contributed by atoms with Crippen LogP contribution in [-0.4, -0.2) is 48.5 Å². The van der Waals surface area contributed by atoms with Crippen LogP contribution < -0.4 is 10.6 Å². The zero-order valence-corrected chi connectivity index (χ0v) is 13.2. The topological polar surface area (TPSA) is 87.7 Å². The van der Waals surface area contributed by atoms with Crippen molar-refractivity contribution in [2.45, 2.75) is 19.9 Å². The third-order valence-electron chi connectivity index (χ3n) is 3.56. The minimum atomic E-state index is -1.23. The van der Waals surface area contributed by atoms with Crippen molar-refractivity contribution in [3.63, 3.8) is 0 Å². The van der Waals surface area contributed by atoms with E-state index in [0.29, 0.717) is 12.1 Å². The van der Waals surface area contributed by atoms with E-state index < -0.39 is 29.7 Å². The number of rotatable bonds is 3. The molecule has 2 N–H and O–H groups in total. The zero-order valence-electron chi connectivity index (χ0n) is 13.2. The van der Waals surface area contributed by atoms with Gasteiger partial charge in [0.05, 0.1) is 17.9 Å². The number of esters is 1. The Bertz CT molecular complexity index is 681. The van der Waals surface area contributed by atoms with Gasteiger partial charge in [0.1, 0.15) is 6.04 Å². The standard InChI is InChI=1S/C15H17F2N3O4/c1-3-24-14(22)9-6-10(16)11(17)7-12(9)19-15(23)20-5-4-18-13(21)8(20)2/h6-8H,3-5H2,1-2H3,(H,18,21)(H,19,23). The van der Waals surface area contributed by atoms with Crippen molar-refractivity contribution in [2.24, 2.45) is 0 Å². The smallest absolute Gasteiger partial charge is 0.340 e. The second-order valence-electron chi connectivity index (χ2n) is 5.12. The molecule has 1 unspecified atom stereocenters. The van der Waals surface area contributed by atoms with Crippen LogP contribution in [0.3, 0.4) is 0 Å². The number of anilines is 1. The zero-order chi connectivity index (χ0) is 17.9. The number of nitrogens with zero attached hydrogens (tertiary/aromatic N) is 1. The van der Waals surface area contributed by atoms with Gasteiger partial charge in [-0.15, -0.1) is 0 Å². The van der Waals surface area contributed by atoms with Crippen LogP contribution >= 0.6 is 0 Å². The monoisotopic (exact) mass is 341 g/mol. The molecule has 1 aromatic carbocycles. The van der Waals surface area contributed by atoms with E-state index in [1.165, 1.54) is 11.8 Å². The summed E-state index contributed by atoms with van der Waals surface area (Å²) in [7, 11) is 0. The summed E-state index contributed by atoms with van der Waals surface area (Å²) in [5, 5.41) is 4.94. The van der Waals surface area contributed by atoms with Gasteiger partial charge in [0.25, 0.3) is 0 Å². The largest absolute Gasteiger partial charge is 0.462 e. The summed E-state index contributed by atoms with van der Waals surface area (Å²) >= 11 is 0. The van der Waals surface area contributed by atoms with Gasteiger partial charge in [0.15, 0.2) is 11.6 Å². The summed E-state index contributed by atoms with van der Waals surface area (Å²) in [6.07, 6.45) is 0. The number of hydrogen-bond donors (Lipinski definition) is 2. The number of ether oxygens (including phenoxy) is 1. The predicted octanol–water partition coefficient (Wildman–Crippen LogP) is 1.49. The highest BCUT2D eigenvalue weighted by Gasteiger charge is 2.30. The van der Waals surface area contributed by atoms with Gasteiger partial charge in [-0.2, -0.15) is 0 Å². The van der Waals surface area contributed by atoms with Gasteiger partial charge < -0.3 is 20.3 Å². The van der Waals surface area contributed by atoms with E-state index in [1.807, 2.05) is 0 Å². The summed E-state index contributed by atoms with van der Waals surface area (Å²) in [5.41, 5.74) is -0.534. The molecule has 7 nitrogen and oxygen atoms in total. The number of urea groups is 1. The number of nitrogens with one attached hydrogen (secondary N) is 2. The van der Waals surface area contributed by atoms with Gasteiger partial charge in [-0.3, -0.25) is 4.79 Å². The van der Waals surface area contributed by atoms with Gasteiger partial charge >= 0.3 is 12.0 Å². The molecular weight excluding hydrogens is 324 g/mol. The number of piperazine rings is 1. The van der Waals surface area contributed by atoms with Gasteiger partial charge in [-0.05, 0) is 19.9 Å². The Kier molecular flexibility index (Phi) is 5.32. The Morgan fingerprint density at radius 1 is 1.38 bits per heavy atom. The maximum atomic E-state index is 13.5. The lowest BCUT2D eigenvalue weighted by molar-refractivity contribution is -0.126. The van der Waals surface area contributed by atoms with Crippen molar-refractivity contribution in [1.82, 2.24) is 10.2 Å². The molecule has 1 aliphatic heterocycles. The highest BCUT2D eigenvalue weighted by molar-refractivity contribution is 6.02. The van der Waals surface area contributed by atoms with E-state index in [9.17, 15) is 23.2 Å². The molecule has 0 bridgehead atoms. The lowest BCUT2D eigenvalue weighted by Gasteiger charge is -2.32. The molecule has 1 saturated heterocycles. The molecular formula is C15H17F2N3O4. The summed E-state index contributed by atoms with van der Waals surface area (Å²) in [5.74, 6) is -3.67. The van der Waals surface area contributed by atoms with Gasteiger partial charge in [0, 0.05) is 19.2 Å². The van der Waals surface area contributed by atoms with Crippen molar-refractivity contribution in [3.05, 3.63) is 29.3 Å². The maximum absolute atomic E-state index is 13.5. The Morgan fingerprint density at radius 2 is 2.04 bits per heavy atom. The third kappa shape index (κ3) is 3.61. The minimum Gasteiger partial charge on any atom is -0.462 e. The summed E-state index contributed by atoms with van der Waals surface area (Å²) in [6, 6.07) is -0.0623. The van der Waals surface area contributed by atoms with Gasteiger partial charge in [0.2, 0.25) is 5.91 Å². The maximum Gasteiger partial charge on any atom is 0.340 e. The number of carbonyl (C=O) groups excluding carboxylic acids is 3. The summed E-state index contributed by atoms with van der Waals surface area (Å²) in [4.78, 5) is 37.0. The first kappa shape index (κ1) is 17.6. The average molecular weight is 341 g/mol. The molecule has 0 spiro atoms. The molecule has 1 atom stereocenters. The van der Waals surface area contributed by atoms with Crippen molar-refractivity contribution in [1.29, 1.82) is 0 Å². The van der Waals surface area contributed by atoms with E-state index in [-0.39, 0.29) is 36.9 Å². The van der Waals surface area contributed by atoms with Crippen molar-refractivity contribution >= 4 is 23.6 Å². The van der Waals surface area contributed by atoms with Crippen LogP contribution in [-0.2, 0) is 9.53 Å². The molecule has 9 heteroatoms. The van der Waals surface area contributed by atoms with Crippen molar-refractivity contribution in [3.8, 4) is 0 Å². The molecule has 0 radical (unpaired) electrons. The summed E-state index contributed by atoms with van der Waals surface area (Å²) in [6.45, 7) is 3.65. The molecule has 1 aliphatic rings. The Balaban J connectivity index is 2.27. The Labute approximate surface area is 136 Å². The van der Waals surface area contributed by atoms with Crippen LogP contribution in [0.4, 0.5) is 19.3 Å². The normalized spacial score (nSPS) is 17.2. The summed E-state index contributed by atoms with van der Waals surface area (Å²) < 4.78 is 31.7. The first-order chi connectivity index (χ1) is 11.3. The first-order valence-electron chi connectivity index (χ1n) is 7.36. The van der Waals surface area contributed by atoms with Crippen LogP contribution in [0.2, 0.25) is 0 Å². The second kappa shape index (κ2) is 7.24. The van der Waals surface area contributed by atoms with Gasteiger partial charge in [-0.25, -0.2) is 18.4 Å². The minimum absolute atomic E-state index is 0.0363. The van der Waals surface area contributed by atoms with Gasteiger partial charge in [-0.1, -0.05) is 0 Å². The molecule has 130 valence electrons. The van der Waals surface area contributed by atoms with E-state index in [1.54, 1.807) is 6.92 Å². The van der Waals surface area contributed by atoms with E-state index in [2.05, 4.69) is 10.6 Å². The molecule has 3 amide bonds. The van der Waals surface area contributed by atoms with E-state index in [0.717, 1.165) is 0 Å². The average Bonchev–Trinajstić information content (AvgIpc) is 2.53. The molecule has 0 aromatic heterocycles. The first-order valence-corrected chi connectivity index (χ1v) is 7.36. The highest BCUT2D eigenvalue weighted by atomic mass is 19.2. The van der Waals surface area contributed by atoms with Crippen LogP contribution in [0.25, 0.3) is 0 Å². The third-order valence-corrected chi connectivity index (χ3v) is 3.56. The lowest BCUT2D eigenvalue weighted by atomic mass is 10.1. The fraction of sp³-hybridized carbons (Fsp3) is 0.400. The Hall–Kier alpha value is -2.71. The lowest BCUT2D eigenvalue weighted by Crippen LogP contribution is -2.56. The Morgan fingerprint density at radius 3 is 2.71 bits per heavy atom. The number of amides is 3. The number of carbonyl (C=O) groups is 3. The van der Waals surface area contributed by atoms with Crippen molar-refractivity contribution < 1.29 is 27.9 Å². The molecule has 1 heterocycles. The molecule has 1 fully saturated rings. The van der Waals surface area contributed by atoms with E-state index >= 15 is 0 Å². The molecule has 1 aromatic rings. The number of hydrogen-bond acceptors (Lipinski definition) is 4. The molecule has 0 saturated carbocycles. The van der Waals surface area contributed by atoms with Crippen LogP contribution in [0.5, 0.6) is 0 Å². The number of halogens is 2. The molecule has 0 aliphatic carbocycles. The second-order valence-corrected chi connectivity index (χ2v) is 5.12. The van der Waals surface area contributed by atoms with Crippen LogP contribution in [0.1, 0.15) is 24.2 Å². The highest BCUT2D eigenvalue weighted by Crippen LogP contribution is 2.22. The molecule has 24 heavy (non-hydrogen) atoms. The van der Waals surface area contributed by atoms with Crippen molar-refractivity contribution in [2.75, 3.05) is 25.0 Å².